The minimum absolute atomic E-state index is 0.121. The highest BCUT2D eigenvalue weighted by atomic mass is 32.2. The van der Waals surface area contributed by atoms with E-state index in [0.717, 1.165) is 11.3 Å². The zero-order chi connectivity index (χ0) is 14.3. The number of sulfonamides is 1. The molecule has 1 aromatic rings. The first-order chi connectivity index (χ1) is 9.50. The van der Waals surface area contributed by atoms with E-state index < -0.39 is 27.3 Å². The number of fused-ring (bicyclic) bond motifs is 1. The summed E-state index contributed by atoms with van der Waals surface area (Å²) in [5, 5.41) is 11.0. The Morgan fingerprint density at radius 2 is 2.10 bits per heavy atom. The summed E-state index contributed by atoms with van der Waals surface area (Å²) in [6, 6.07) is 6.67. The van der Waals surface area contributed by atoms with Gasteiger partial charge in [-0.1, -0.05) is 18.2 Å². The zero-order valence-electron chi connectivity index (χ0n) is 10.8. The molecule has 3 rings (SSSR count). The van der Waals surface area contributed by atoms with Crippen molar-refractivity contribution in [3.63, 3.8) is 0 Å². The molecule has 0 amide bonds. The number of carboxylic acid groups (broad SMARTS) is 1. The van der Waals surface area contributed by atoms with Crippen molar-refractivity contribution < 1.29 is 18.3 Å². The zero-order valence-corrected chi connectivity index (χ0v) is 11.6. The smallest absolute Gasteiger partial charge is 0.320 e. The highest BCUT2D eigenvalue weighted by molar-refractivity contribution is 7.93. The lowest BCUT2D eigenvalue weighted by Crippen LogP contribution is -2.38. The van der Waals surface area contributed by atoms with Gasteiger partial charge >= 0.3 is 5.97 Å². The summed E-state index contributed by atoms with van der Waals surface area (Å²) in [6.07, 6.45) is 0.828. The predicted octanol–water partition coefficient (Wildman–Crippen LogP) is 0.194. The standard InChI is InChI=1S/C13H16N2O4S/c16-13(17)11-7-10(8-14-11)20(18,19)15-6-5-9-3-1-2-4-12(9)15/h1-4,10-11,14H,5-8H2,(H,16,17). The molecular formula is C13H16N2O4S. The molecule has 2 N–H and O–H groups in total. The summed E-state index contributed by atoms with van der Waals surface area (Å²) in [4.78, 5) is 10.9. The van der Waals surface area contributed by atoms with Crippen LogP contribution in [0.15, 0.2) is 24.3 Å². The Bertz CT molecular complexity index is 644. The molecule has 1 fully saturated rings. The van der Waals surface area contributed by atoms with Crippen LogP contribution in [0.1, 0.15) is 12.0 Å². The van der Waals surface area contributed by atoms with Crippen LogP contribution in [0.2, 0.25) is 0 Å². The van der Waals surface area contributed by atoms with Crippen molar-refractivity contribution in [2.45, 2.75) is 24.1 Å². The van der Waals surface area contributed by atoms with Gasteiger partial charge in [-0.25, -0.2) is 8.42 Å². The van der Waals surface area contributed by atoms with Gasteiger partial charge in [-0.2, -0.15) is 0 Å². The number of hydrogen-bond acceptors (Lipinski definition) is 4. The van der Waals surface area contributed by atoms with Crippen LogP contribution in [0.25, 0.3) is 0 Å². The lowest BCUT2D eigenvalue weighted by atomic mass is 10.2. The third kappa shape index (κ3) is 2.06. The number of rotatable bonds is 3. The molecule has 1 aromatic carbocycles. The summed E-state index contributed by atoms with van der Waals surface area (Å²) < 4.78 is 26.7. The molecule has 0 spiro atoms. The van der Waals surface area contributed by atoms with Crippen molar-refractivity contribution >= 4 is 21.7 Å². The number of anilines is 1. The van der Waals surface area contributed by atoms with Crippen molar-refractivity contribution in [3.05, 3.63) is 29.8 Å². The van der Waals surface area contributed by atoms with E-state index in [4.69, 9.17) is 5.11 Å². The Labute approximate surface area is 117 Å². The van der Waals surface area contributed by atoms with Gasteiger partial charge in [0, 0.05) is 13.1 Å². The highest BCUT2D eigenvalue weighted by Gasteiger charge is 2.41. The molecule has 20 heavy (non-hydrogen) atoms. The van der Waals surface area contributed by atoms with Crippen molar-refractivity contribution in [2.75, 3.05) is 17.4 Å². The fraction of sp³-hybridized carbons (Fsp3) is 0.462. The lowest BCUT2D eigenvalue weighted by Gasteiger charge is -2.23. The minimum Gasteiger partial charge on any atom is -0.480 e. The monoisotopic (exact) mass is 296 g/mol. The van der Waals surface area contributed by atoms with Crippen LogP contribution in [0, 0.1) is 0 Å². The number of nitrogens with zero attached hydrogens (tertiary/aromatic N) is 1. The van der Waals surface area contributed by atoms with E-state index in [0.29, 0.717) is 13.0 Å². The van der Waals surface area contributed by atoms with Gasteiger partial charge in [0.05, 0.1) is 10.9 Å². The second-order valence-electron chi connectivity index (χ2n) is 5.15. The largest absolute Gasteiger partial charge is 0.480 e. The van der Waals surface area contributed by atoms with Crippen LogP contribution in [0.3, 0.4) is 0 Å². The number of para-hydroxylation sites is 1. The number of carboxylic acids is 1. The molecule has 0 aromatic heterocycles. The van der Waals surface area contributed by atoms with E-state index in [1.807, 2.05) is 18.2 Å². The number of nitrogens with one attached hydrogen (secondary N) is 1. The molecule has 0 aliphatic carbocycles. The molecule has 0 saturated carbocycles. The van der Waals surface area contributed by atoms with Crippen LogP contribution in [0.5, 0.6) is 0 Å². The maximum absolute atomic E-state index is 12.7. The molecule has 7 heteroatoms. The van der Waals surface area contributed by atoms with E-state index in [9.17, 15) is 13.2 Å². The van der Waals surface area contributed by atoms with Gasteiger partial charge in [0.15, 0.2) is 0 Å². The first kappa shape index (κ1) is 13.4. The van der Waals surface area contributed by atoms with Crippen molar-refractivity contribution in [3.8, 4) is 0 Å². The number of aliphatic carboxylic acids is 1. The topological polar surface area (TPSA) is 86.7 Å². The van der Waals surface area contributed by atoms with Crippen LogP contribution >= 0.6 is 0 Å². The second-order valence-corrected chi connectivity index (χ2v) is 7.29. The van der Waals surface area contributed by atoms with Gasteiger partial charge in [0.25, 0.3) is 0 Å². The summed E-state index contributed by atoms with van der Waals surface area (Å²) in [7, 11) is -3.51. The number of hydrogen-bond donors (Lipinski definition) is 2. The van der Waals surface area contributed by atoms with Crippen molar-refractivity contribution in [1.82, 2.24) is 5.32 Å². The van der Waals surface area contributed by atoms with Crippen molar-refractivity contribution in [1.29, 1.82) is 0 Å². The van der Waals surface area contributed by atoms with Gasteiger partial charge in [-0.3, -0.25) is 9.10 Å². The molecule has 0 radical (unpaired) electrons. The maximum Gasteiger partial charge on any atom is 0.320 e. The first-order valence-corrected chi connectivity index (χ1v) is 8.06. The molecule has 6 nitrogen and oxygen atoms in total. The normalized spacial score (nSPS) is 25.7. The predicted molar refractivity (Wildman–Crippen MR) is 74.2 cm³/mol. The van der Waals surface area contributed by atoms with Crippen molar-refractivity contribution in [2.24, 2.45) is 0 Å². The van der Waals surface area contributed by atoms with Gasteiger partial charge in [0.2, 0.25) is 10.0 Å². The van der Waals surface area contributed by atoms with Gasteiger partial charge < -0.3 is 10.4 Å². The minimum atomic E-state index is -3.51. The second kappa shape index (κ2) is 4.75. The number of benzene rings is 1. The lowest BCUT2D eigenvalue weighted by molar-refractivity contribution is -0.139. The van der Waals surface area contributed by atoms with Gasteiger partial charge in [-0.05, 0) is 24.5 Å². The Kier molecular flexibility index (Phi) is 3.18. The summed E-state index contributed by atoms with van der Waals surface area (Å²) in [5.74, 6) is -0.996. The third-order valence-corrected chi connectivity index (χ3v) is 6.16. The van der Waals surface area contributed by atoms with E-state index in [2.05, 4.69) is 5.32 Å². The van der Waals surface area contributed by atoms with E-state index in [1.54, 1.807) is 6.07 Å². The molecule has 2 atom stereocenters. The third-order valence-electron chi connectivity index (χ3n) is 3.96. The molecule has 2 heterocycles. The van der Waals surface area contributed by atoms with E-state index >= 15 is 0 Å². The Hall–Kier alpha value is -1.60. The van der Waals surface area contributed by atoms with Crippen LogP contribution < -0.4 is 9.62 Å². The molecule has 2 aliphatic rings. The number of carbonyl (C=O) groups is 1. The van der Waals surface area contributed by atoms with E-state index in [1.165, 1.54) is 4.31 Å². The summed E-state index contributed by atoms with van der Waals surface area (Å²) in [6.45, 7) is 0.633. The van der Waals surface area contributed by atoms with Crippen LogP contribution in [0.4, 0.5) is 5.69 Å². The fourth-order valence-corrected chi connectivity index (χ4v) is 4.77. The average molecular weight is 296 g/mol. The summed E-state index contributed by atoms with van der Waals surface area (Å²) in [5.41, 5.74) is 1.75. The fourth-order valence-electron chi connectivity index (χ4n) is 2.87. The SMILES string of the molecule is O=C(O)C1CC(S(=O)(=O)N2CCc3ccccc32)CN1. The maximum atomic E-state index is 12.7. The summed E-state index contributed by atoms with van der Waals surface area (Å²) >= 11 is 0. The molecule has 2 unspecified atom stereocenters. The molecular weight excluding hydrogens is 280 g/mol. The van der Waals surface area contributed by atoms with Crippen LogP contribution in [-0.4, -0.2) is 43.9 Å². The molecule has 108 valence electrons. The van der Waals surface area contributed by atoms with Gasteiger partial charge in [0.1, 0.15) is 6.04 Å². The molecule has 0 bridgehead atoms. The average Bonchev–Trinajstić information content (AvgIpc) is 3.06. The quantitative estimate of drug-likeness (QED) is 0.832. The first-order valence-electron chi connectivity index (χ1n) is 6.56. The van der Waals surface area contributed by atoms with E-state index in [-0.39, 0.29) is 13.0 Å². The molecule has 1 saturated heterocycles. The Balaban J connectivity index is 1.86. The van der Waals surface area contributed by atoms with Crippen LogP contribution in [-0.2, 0) is 21.2 Å². The highest BCUT2D eigenvalue weighted by Crippen LogP contribution is 2.32. The Morgan fingerprint density at radius 3 is 2.80 bits per heavy atom. The van der Waals surface area contributed by atoms with Gasteiger partial charge in [-0.15, -0.1) is 0 Å². The Morgan fingerprint density at radius 1 is 1.35 bits per heavy atom. The molecule has 2 aliphatic heterocycles.